The molecular weight excluding hydrogens is 227 g/mol. The molecule has 0 atom stereocenters. The van der Waals surface area contributed by atoms with Crippen LogP contribution in [-0.4, -0.2) is 9.97 Å². The molecule has 0 N–H and O–H groups in total. The summed E-state index contributed by atoms with van der Waals surface area (Å²) in [6.07, 6.45) is 1.80. The van der Waals surface area contributed by atoms with E-state index in [1.165, 1.54) is 17.7 Å². The molecule has 0 fully saturated rings. The quantitative estimate of drug-likeness (QED) is 0.645. The van der Waals surface area contributed by atoms with Gasteiger partial charge in [-0.2, -0.15) is 0 Å². The van der Waals surface area contributed by atoms with E-state index in [1.807, 2.05) is 25.1 Å². The minimum Gasteiger partial charge on any atom is -0.236 e. The first-order chi connectivity index (χ1) is 8.72. The van der Waals surface area contributed by atoms with Gasteiger partial charge in [-0.15, -0.1) is 0 Å². The van der Waals surface area contributed by atoms with Crippen molar-refractivity contribution in [3.8, 4) is 11.4 Å². The van der Waals surface area contributed by atoms with Gasteiger partial charge >= 0.3 is 0 Å². The molecule has 1 aromatic heterocycles. The Hall–Kier alpha value is -2.29. The Morgan fingerprint density at radius 3 is 2.56 bits per heavy atom. The molecule has 0 aliphatic carbocycles. The smallest absolute Gasteiger partial charge is 0.159 e. The van der Waals surface area contributed by atoms with E-state index in [4.69, 9.17) is 0 Å². The van der Waals surface area contributed by atoms with E-state index in [1.54, 1.807) is 18.3 Å². The molecule has 3 rings (SSSR count). The van der Waals surface area contributed by atoms with Crippen LogP contribution in [0.3, 0.4) is 0 Å². The summed E-state index contributed by atoms with van der Waals surface area (Å²) in [7, 11) is 0. The number of halogens is 1. The predicted octanol–water partition coefficient (Wildman–Crippen LogP) is 3.74. The van der Waals surface area contributed by atoms with E-state index in [2.05, 4.69) is 9.97 Å². The van der Waals surface area contributed by atoms with E-state index in [0.717, 1.165) is 16.5 Å². The fourth-order valence-corrected chi connectivity index (χ4v) is 1.89. The molecule has 3 heteroatoms. The zero-order valence-electron chi connectivity index (χ0n) is 9.89. The van der Waals surface area contributed by atoms with E-state index in [-0.39, 0.29) is 5.82 Å². The van der Waals surface area contributed by atoms with Crippen LogP contribution in [0.2, 0.25) is 0 Å². The Balaban J connectivity index is 2.13. The summed E-state index contributed by atoms with van der Waals surface area (Å²) in [6, 6.07) is 12.2. The summed E-state index contributed by atoms with van der Waals surface area (Å²) in [5, 5.41) is 1.01. The Morgan fingerprint density at radius 2 is 1.78 bits per heavy atom. The van der Waals surface area contributed by atoms with Crippen LogP contribution < -0.4 is 0 Å². The maximum absolute atomic E-state index is 12.9. The molecule has 2 aromatic carbocycles. The standard InChI is InChI=1S/C15H11FN2/c1-10-2-7-14-12(8-10)9-17-15(18-14)11-3-5-13(16)6-4-11/h2-9H,1H3. The van der Waals surface area contributed by atoms with Gasteiger partial charge in [0.15, 0.2) is 5.82 Å². The molecule has 18 heavy (non-hydrogen) atoms. The van der Waals surface area contributed by atoms with Gasteiger partial charge in [0.25, 0.3) is 0 Å². The van der Waals surface area contributed by atoms with Crippen molar-refractivity contribution in [1.29, 1.82) is 0 Å². The van der Waals surface area contributed by atoms with Crippen molar-refractivity contribution in [2.75, 3.05) is 0 Å². The van der Waals surface area contributed by atoms with E-state index >= 15 is 0 Å². The van der Waals surface area contributed by atoms with Crippen LogP contribution in [0, 0.1) is 12.7 Å². The van der Waals surface area contributed by atoms with Gasteiger partial charge in [0.05, 0.1) is 5.52 Å². The molecule has 3 aromatic rings. The average molecular weight is 238 g/mol. The number of benzene rings is 2. The molecule has 0 aliphatic rings. The number of nitrogens with zero attached hydrogens (tertiary/aromatic N) is 2. The maximum Gasteiger partial charge on any atom is 0.159 e. The second-order valence-corrected chi connectivity index (χ2v) is 4.26. The lowest BCUT2D eigenvalue weighted by Gasteiger charge is -2.03. The Labute approximate surface area is 104 Å². The summed E-state index contributed by atoms with van der Waals surface area (Å²) in [5.41, 5.74) is 2.90. The molecule has 0 saturated carbocycles. The second-order valence-electron chi connectivity index (χ2n) is 4.26. The molecule has 0 bridgehead atoms. The van der Waals surface area contributed by atoms with Crippen molar-refractivity contribution in [1.82, 2.24) is 9.97 Å². The van der Waals surface area contributed by atoms with E-state index < -0.39 is 0 Å². The molecule has 0 unspecified atom stereocenters. The van der Waals surface area contributed by atoms with E-state index in [9.17, 15) is 4.39 Å². The highest BCUT2D eigenvalue weighted by molar-refractivity contribution is 5.80. The van der Waals surface area contributed by atoms with Gasteiger partial charge in [0.2, 0.25) is 0 Å². The lowest BCUT2D eigenvalue weighted by molar-refractivity contribution is 0.628. The van der Waals surface area contributed by atoms with Gasteiger partial charge in [-0.1, -0.05) is 11.6 Å². The SMILES string of the molecule is Cc1ccc2nc(-c3ccc(F)cc3)ncc2c1. The van der Waals surface area contributed by atoms with Crippen LogP contribution in [-0.2, 0) is 0 Å². The summed E-state index contributed by atoms with van der Waals surface area (Å²) >= 11 is 0. The van der Waals surface area contributed by atoms with Gasteiger partial charge in [-0.05, 0) is 43.3 Å². The van der Waals surface area contributed by atoms with Crippen LogP contribution in [0.15, 0.2) is 48.7 Å². The van der Waals surface area contributed by atoms with Gasteiger partial charge in [-0.25, -0.2) is 14.4 Å². The second kappa shape index (κ2) is 4.18. The summed E-state index contributed by atoms with van der Waals surface area (Å²) in [6.45, 7) is 2.04. The number of aromatic nitrogens is 2. The zero-order chi connectivity index (χ0) is 12.5. The Morgan fingerprint density at radius 1 is 1.00 bits per heavy atom. The number of aryl methyl sites for hydroxylation is 1. The van der Waals surface area contributed by atoms with Crippen molar-refractivity contribution >= 4 is 10.9 Å². The van der Waals surface area contributed by atoms with Gasteiger partial charge in [-0.3, -0.25) is 0 Å². The third-order valence-electron chi connectivity index (χ3n) is 2.84. The van der Waals surface area contributed by atoms with Crippen molar-refractivity contribution in [3.05, 3.63) is 60.0 Å². The summed E-state index contributed by atoms with van der Waals surface area (Å²) in [5.74, 6) is 0.363. The van der Waals surface area contributed by atoms with Crippen molar-refractivity contribution in [2.45, 2.75) is 6.92 Å². The molecule has 0 amide bonds. The molecule has 0 radical (unpaired) electrons. The maximum atomic E-state index is 12.9. The molecule has 1 heterocycles. The zero-order valence-corrected chi connectivity index (χ0v) is 9.89. The summed E-state index contributed by atoms with van der Waals surface area (Å²) < 4.78 is 12.9. The van der Waals surface area contributed by atoms with Gasteiger partial charge < -0.3 is 0 Å². The van der Waals surface area contributed by atoms with Gasteiger partial charge in [0.1, 0.15) is 5.82 Å². The third kappa shape index (κ3) is 1.95. The summed E-state index contributed by atoms with van der Waals surface area (Å²) in [4.78, 5) is 8.80. The monoisotopic (exact) mass is 238 g/mol. The topological polar surface area (TPSA) is 25.8 Å². The number of hydrogen-bond acceptors (Lipinski definition) is 2. The van der Waals surface area contributed by atoms with Crippen molar-refractivity contribution in [3.63, 3.8) is 0 Å². The highest BCUT2D eigenvalue weighted by atomic mass is 19.1. The lowest BCUT2D eigenvalue weighted by atomic mass is 10.1. The average Bonchev–Trinajstić information content (AvgIpc) is 2.39. The van der Waals surface area contributed by atoms with Crippen LogP contribution in [0.4, 0.5) is 4.39 Å². The largest absolute Gasteiger partial charge is 0.236 e. The Bertz CT molecular complexity index is 705. The van der Waals surface area contributed by atoms with Crippen LogP contribution in [0.1, 0.15) is 5.56 Å². The molecule has 2 nitrogen and oxygen atoms in total. The molecule has 0 aliphatic heterocycles. The van der Waals surface area contributed by atoms with Crippen molar-refractivity contribution < 1.29 is 4.39 Å². The normalized spacial score (nSPS) is 10.8. The van der Waals surface area contributed by atoms with E-state index in [0.29, 0.717) is 5.82 Å². The number of rotatable bonds is 1. The van der Waals surface area contributed by atoms with Crippen LogP contribution in [0.5, 0.6) is 0 Å². The first-order valence-corrected chi connectivity index (χ1v) is 5.72. The fraction of sp³-hybridized carbons (Fsp3) is 0.0667. The minimum absolute atomic E-state index is 0.254. The van der Waals surface area contributed by atoms with Crippen LogP contribution >= 0.6 is 0 Å². The highest BCUT2D eigenvalue weighted by Crippen LogP contribution is 2.19. The molecule has 0 saturated heterocycles. The Kier molecular flexibility index (Phi) is 2.52. The number of hydrogen-bond donors (Lipinski definition) is 0. The first-order valence-electron chi connectivity index (χ1n) is 5.72. The third-order valence-corrected chi connectivity index (χ3v) is 2.84. The molecular formula is C15H11FN2. The highest BCUT2D eigenvalue weighted by Gasteiger charge is 2.03. The number of fused-ring (bicyclic) bond motifs is 1. The minimum atomic E-state index is -0.254. The predicted molar refractivity (Wildman–Crippen MR) is 69.7 cm³/mol. The van der Waals surface area contributed by atoms with Gasteiger partial charge in [0, 0.05) is 17.1 Å². The molecule has 88 valence electrons. The first kappa shape index (κ1) is 10.8. The van der Waals surface area contributed by atoms with Crippen molar-refractivity contribution in [2.24, 2.45) is 0 Å². The fourth-order valence-electron chi connectivity index (χ4n) is 1.89. The molecule has 0 spiro atoms. The lowest BCUT2D eigenvalue weighted by Crippen LogP contribution is -1.90. The van der Waals surface area contributed by atoms with Crippen LogP contribution in [0.25, 0.3) is 22.3 Å².